The van der Waals surface area contributed by atoms with Gasteiger partial charge >= 0.3 is 6.18 Å². The van der Waals surface area contributed by atoms with E-state index in [1.165, 1.54) is 37.3 Å². The molecule has 2 aromatic carbocycles. The summed E-state index contributed by atoms with van der Waals surface area (Å²) in [4.78, 5) is -0.129. The Morgan fingerprint density at radius 2 is 1.69 bits per heavy atom. The van der Waals surface area contributed by atoms with Crippen LogP contribution < -0.4 is 14.2 Å². The number of hydrogen-bond donors (Lipinski definition) is 1. The first-order valence-corrected chi connectivity index (χ1v) is 9.25. The zero-order chi connectivity index (χ0) is 18.9. The quantitative estimate of drug-likeness (QED) is 0.865. The summed E-state index contributed by atoms with van der Waals surface area (Å²) in [5.74, 6) is 0.710. The minimum absolute atomic E-state index is 0.0102. The van der Waals surface area contributed by atoms with Gasteiger partial charge in [0.25, 0.3) is 10.0 Å². The fourth-order valence-corrected chi connectivity index (χ4v) is 3.58. The van der Waals surface area contributed by atoms with Crippen molar-refractivity contribution >= 4 is 15.7 Å². The molecule has 5 nitrogen and oxygen atoms in total. The molecule has 2 aromatic rings. The Morgan fingerprint density at radius 1 is 1.00 bits per heavy atom. The minimum atomic E-state index is -4.57. The summed E-state index contributed by atoms with van der Waals surface area (Å²) in [6.45, 7) is 2.16. The van der Waals surface area contributed by atoms with Crippen molar-refractivity contribution in [2.24, 2.45) is 0 Å². The summed E-state index contributed by atoms with van der Waals surface area (Å²) in [6, 6.07) is 7.35. The van der Waals surface area contributed by atoms with Crippen LogP contribution in [0.25, 0.3) is 0 Å². The molecule has 0 saturated heterocycles. The lowest BCUT2D eigenvalue weighted by Crippen LogP contribution is -2.15. The number of anilines is 1. The Balaban J connectivity index is 1.91. The first kappa shape index (κ1) is 18.4. The maximum absolute atomic E-state index is 13.0. The average molecular weight is 387 g/mol. The number of halogens is 3. The van der Waals surface area contributed by atoms with Crippen LogP contribution in [0.5, 0.6) is 11.5 Å². The predicted octanol–water partition coefficient (Wildman–Crippen LogP) is 3.98. The zero-order valence-corrected chi connectivity index (χ0v) is 14.6. The van der Waals surface area contributed by atoms with Crippen molar-refractivity contribution in [3.05, 3.63) is 47.5 Å². The van der Waals surface area contributed by atoms with E-state index in [1.807, 2.05) is 0 Å². The van der Waals surface area contributed by atoms with Gasteiger partial charge in [0.1, 0.15) is 0 Å². The second-order valence-electron chi connectivity index (χ2n) is 5.79. The van der Waals surface area contributed by atoms with E-state index >= 15 is 0 Å². The van der Waals surface area contributed by atoms with Crippen LogP contribution in [-0.4, -0.2) is 21.6 Å². The van der Waals surface area contributed by atoms with Gasteiger partial charge in [0.2, 0.25) is 0 Å². The summed E-state index contributed by atoms with van der Waals surface area (Å²) in [7, 11) is -4.09. The lowest BCUT2D eigenvalue weighted by Gasteiger charge is -2.14. The van der Waals surface area contributed by atoms with Crippen LogP contribution in [0.3, 0.4) is 0 Å². The Kier molecular flexibility index (Phi) is 4.74. The van der Waals surface area contributed by atoms with Crippen molar-refractivity contribution in [3.8, 4) is 11.5 Å². The molecule has 0 bridgehead atoms. The van der Waals surface area contributed by atoms with Gasteiger partial charge in [-0.25, -0.2) is 8.42 Å². The number of benzene rings is 2. The molecule has 0 radical (unpaired) electrons. The Bertz CT molecular complexity index is 926. The average Bonchev–Trinajstić information content (AvgIpc) is 2.80. The molecule has 3 rings (SSSR count). The molecule has 0 aromatic heterocycles. The van der Waals surface area contributed by atoms with Crippen molar-refractivity contribution in [3.63, 3.8) is 0 Å². The normalized spacial score (nSPS) is 14.6. The van der Waals surface area contributed by atoms with E-state index in [0.717, 1.165) is 6.07 Å². The molecule has 1 N–H and O–H groups in total. The number of alkyl halides is 3. The van der Waals surface area contributed by atoms with Gasteiger partial charge in [-0.15, -0.1) is 0 Å². The van der Waals surface area contributed by atoms with Crippen molar-refractivity contribution in [1.82, 2.24) is 0 Å². The fraction of sp³-hybridized carbons (Fsp3) is 0.294. The van der Waals surface area contributed by atoms with Crippen LogP contribution >= 0.6 is 0 Å². The molecular weight excluding hydrogens is 371 g/mol. The molecule has 9 heteroatoms. The van der Waals surface area contributed by atoms with Crippen molar-refractivity contribution in [1.29, 1.82) is 0 Å². The molecule has 1 heterocycles. The van der Waals surface area contributed by atoms with E-state index < -0.39 is 21.8 Å². The summed E-state index contributed by atoms with van der Waals surface area (Å²) < 4.78 is 77.1. The van der Waals surface area contributed by atoms with Crippen molar-refractivity contribution in [2.45, 2.75) is 24.4 Å². The molecule has 26 heavy (non-hydrogen) atoms. The number of rotatable bonds is 3. The highest BCUT2D eigenvalue weighted by Crippen LogP contribution is 2.35. The molecule has 140 valence electrons. The second kappa shape index (κ2) is 6.71. The SMILES string of the molecule is Cc1ccc(NS(=O)(=O)c2ccc3c(c2)OCCCO3)cc1C(F)(F)F. The standard InChI is InChI=1S/C17H16F3NO4S/c1-11-3-4-12(9-14(11)17(18,19)20)21-26(22,23)13-5-6-15-16(10-13)25-8-2-7-24-15/h3-6,9-10,21H,2,7-8H2,1H3. The molecule has 0 aliphatic carbocycles. The fourth-order valence-electron chi connectivity index (χ4n) is 2.52. The smallest absolute Gasteiger partial charge is 0.416 e. The lowest BCUT2D eigenvalue weighted by atomic mass is 10.1. The molecule has 0 amide bonds. The maximum Gasteiger partial charge on any atom is 0.416 e. The van der Waals surface area contributed by atoms with Crippen molar-refractivity contribution in [2.75, 3.05) is 17.9 Å². The summed E-state index contributed by atoms with van der Waals surface area (Å²) in [6.07, 6.45) is -3.90. The zero-order valence-electron chi connectivity index (χ0n) is 13.8. The van der Waals surface area contributed by atoms with Crippen LogP contribution in [0, 0.1) is 6.92 Å². The van der Waals surface area contributed by atoms with Crippen molar-refractivity contribution < 1.29 is 31.1 Å². The van der Waals surface area contributed by atoms with Crippen LogP contribution in [0.4, 0.5) is 18.9 Å². The summed E-state index contributed by atoms with van der Waals surface area (Å²) in [5, 5.41) is 0. The molecular formula is C17H16F3NO4S. The number of hydrogen-bond acceptors (Lipinski definition) is 4. The molecule has 0 unspecified atom stereocenters. The third-order valence-electron chi connectivity index (χ3n) is 3.82. The highest BCUT2D eigenvalue weighted by atomic mass is 32.2. The lowest BCUT2D eigenvalue weighted by molar-refractivity contribution is -0.138. The number of sulfonamides is 1. The first-order chi connectivity index (χ1) is 12.2. The molecule has 1 aliphatic heterocycles. The van der Waals surface area contributed by atoms with E-state index in [2.05, 4.69) is 4.72 Å². The van der Waals surface area contributed by atoms with Gasteiger partial charge in [-0.05, 0) is 36.8 Å². The number of aryl methyl sites for hydroxylation is 1. The van der Waals surface area contributed by atoms with Crippen LogP contribution in [0.1, 0.15) is 17.5 Å². The van der Waals surface area contributed by atoms with Gasteiger partial charge in [0.15, 0.2) is 11.5 Å². The number of ether oxygens (including phenoxy) is 2. The van der Waals surface area contributed by atoms with E-state index in [-0.39, 0.29) is 21.9 Å². The Labute approximate surface area is 148 Å². The van der Waals surface area contributed by atoms with Gasteiger partial charge < -0.3 is 9.47 Å². The van der Waals surface area contributed by atoms with Gasteiger partial charge in [0.05, 0.1) is 23.7 Å². The largest absolute Gasteiger partial charge is 0.490 e. The molecule has 0 spiro atoms. The second-order valence-corrected chi connectivity index (χ2v) is 7.47. The van der Waals surface area contributed by atoms with E-state index in [0.29, 0.717) is 25.4 Å². The minimum Gasteiger partial charge on any atom is -0.490 e. The maximum atomic E-state index is 13.0. The monoisotopic (exact) mass is 387 g/mol. The molecule has 1 aliphatic rings. The van der Waals surface area contributed by atoms with Crippen LogP contribution in [0.2, 0.25) is 0 Å². The van der Waals surface area contributed by atoms with Gasteiger partial charge in [-0.2, -0.15) is 13.2 Å². The van der Waals surface area contributed by atoms with Gasteiger partial charge in [-0.1, -0.05) is 6.07 Å². The number of nitrogens with one attached hydrogen (secondary N) is 1. The van der Waals surface area contributed by atoms with E-state index in [1.54, 1.807) is 0 Å². The third kappa shape index (κ3) is 3.87. The first-order valence-electron chi connectivity index (χ1n) is 7.77. The highest BCUT2D eigenvalue weighted by Gasteiger charge is 2.33. The predicted molar refractivity (Wildman–Crippen MR) is 89.0 cm³/mol. The van der Waals surface area contributed by atoms with Gasteiger partial charge in [-0.3, -0.25) is 4.72 Å². The summed E-state index contributed by atoms with van der Waals surface area (Å²) in [5.41, 5.74) is -1.05. The molecule has 0 atom stereocenters. The van der Waals surface area contributed by atoms with E-state index in [9.17, 15) is 21.6 Å². The molecule has 0 saturated carbocycles. The topological polar surface area (TPSA) is 64.6 Å². The Hall–Kier alpha value is -2.42. The highest BCUT2D eigenvalue weighted by molar-refractivity contribution is 7.92. The van der Waals surface area contributed by atoms with Gasteiger partial charge in [0, 0.05) is 18.2 Å². The third-order valence-corrected chi connectivity index (χ3v) is 5.20. The van der Waals surface area contributed by atoms with Crippen LogP contribution in [-0.2, 0) is 16.2 Å². The van der Waals surface area contributed by atoms with Crippen LogP contribution in [0.15, 0.2) is 41.3 Å². The summed E-state index contributed by atoms with van der Waals surface area (Å²) >= 11 is 0. The van der Waals surface area contributed by atoms with E-state index in [4.69, 9.17) is 9.47 Å². The number of fused-ring (bicyclic) bond motifs is 1. The molecule has 0 fully saturated rings. The Morgan fingerprint density at radius 3 is 2.38 bits per heavy atom.